The summed E-state index contributed by atoms with van der Waals surface area (Å²) in [7, 11) is 0. The largest absolute Gasteiger partial charge is 0.377 e. The highest BCUT2D eigenvalue weighted by Gasteiger charge is 2.20. The fourth-order valence-electron chi connectivity index (χ4n) is 2.05. The molecule has 0 radical (unpaired) electrons. The Kier molecular flexibility index (Phi) is 5.90. The van der Waals surface area contributed by atoms with Crippen molar-refractivity contribution in [1.82, 2.24) is 4.90 Å². The summed E-state index contributed by atoms with van der Waals surface area (Å²) in [6, 6.07) is 0. The van der Waals surface area contributed by atoms with Crippen LogP contribution in [-0.2, 0) is 4.74 Å². The lowest BCUT2D eigenvalue weighted by molar-refractivity contribution is 0.00325. The first-order valence-electron chi connectivity index (χ1n) is 5.71. The Labute approximate surface area is 93.4 Å². The average molecular weight is 217 g/mol. The molecule has 0 N–H and O–H groups in total. The maximum atomic E-state index is 5.67. The molecule has 0 saturated carbocycles. The molecule has 1 aliphatic heterocycles. The van der Waals surface area contributed by atoms with Crippen LogP contribution >= 0.6 is 12.6 Å². The Morgan fingerprint density at radius 3 is 3.00 bits per heavy atom. The van der Waals surface area contributed by atoms with E-state index < -0.39 is 0 Å². The molecule has 1 rings (SSSR count). The molecule has 2 nitrogen and oxygen atoms in total. The third kappa shape index (κ3) is 4.20. The molecule has 0 aliphatic carbocycles. The molecule has 14 heavy (non-hydrogen) atoms. The number of likely N-dealkylation sites (tertiary alicyclic amines) is 1. The highest BCUT2D eigenvalue weighted by molar-refractivity contribution is 7.80. The molecule has 84 valence electrons. The molecule has 3 heteroatoms. The van der Waals surface area contributed by atoms with Crippen molar-refractivity contribution < 1.29 is 4.74 Å². The third-order valence-corrected chi connectivity index (χ3v) is 3.37. The molecular formula is C11H23NOS. The van der Waals surface area contributed by atoms with Crippen molar-refractivity contribution in [3.63, 3.8) is 0 Å². The molecule has 1 fully saturated rings. The number of thiol groups is 1. The number of piperidine rings is 1. The molecule has 0 spiro atoms. The molecule has 0 aromatic carbocycles. The van der Waals surface area contributed by atoms with E-state index in [0.29, 0.717) is 12.0 Å². The summed E-state index contributed by atoms with van der Waals surface area (Å²) in [5, 5.41) is 0. The zero-order valence-electron chi connectivity index (χ0n) is 9.41. The molecule has 1 saturated heterocycles. The van der Waals surface area contributed by atoms with E-state index in [4.69, 9.17) is 4.74 Å². The van der Waals surface area contributed by atoms with Crippen LogP contribution in [0.1, 0.15) is 26.7 Å². The smallest absolute Gasteiger partial charge is 0.0702 e. The van der Waals surface area contributed by atoms with E-state index in [2.05, 4.69) is 31.4 Å². The molecule has 0 aromatic rings. The van der Waals surface area contributed by atoms with Crippen molar-refractivity contribution in [3.05, 3.63) is 0 Å². The van der Waals surface area contributed by atoms with E-state index in [1.807, 2.05) is 0 Å². The van der Waals surface area contributed by atoms with Crippen LogP contribution in [0.3, 0.4) is 0 Å². The van der Waals surface area contributed by atoms with Gasteiger partial charge in [-0.15, -0.1) is 0 Å². The summed E-state index contributed by atoms with van der Waals surface area (Å²) in [5.41, 5.74) is 0. The Hall–Kier alpha value is 0.270. The van der Waals surface area contributed by atoms with Crippen LogP contribution in [-0.4, -0.2) is 43.0 Å². The van der Waals surface area contributed by atoms with E-state index in [9.17, 15) is 0 Å². The van der Waals surface area contributed by atoms with E-state index in [-0.39, 0.29) is 0 Å². The minimum absolute atomic E-state index is 0.473. The van der Waals surface area contributed by atoms with Gasteiger partial charge in [0, 0.05) is 19.7 Å². The summed E-state index contributed by atoms with van der Waals surface area (Å²) in [6.07, 6.45) is 2.99. The van der Waals surface area contributed by atoms with Gasteiger partial charge < -0.3 is 9.64 Å². The van der Waals surface area contributed by atoms with Crippen LogP contribution in [0, 0.1) is 5.92 Å². The lowest BCUT2D eigenvalue weighted by Gasteiger charge is -2.33. The van der Waals surface area contributed by atoms with Gasteiger partial charge in [-0.3, -0.25) is 0 Å². The van der Waals surface area contributed by atoms with Crippen LogP contribution in [0.2, 0.25) is 0 Å². The summed E-state index contributed by atoms with van der Waals surface area (Å²) in [6.45, 7) is 8.72. The first-order chi connectivity index (χ1) is 6.76. The van der Waals surface area contributed by atoms with Crippen molar-refractivity contribution in [2.24, 2.45) is 5.92 Å². The number of nitrogens with zero attached hydrogens (tertiary/aromatic N) is 1. The molecule has 2 atom stereocenters. The summed E-state index contributed by atoms with van der Waals surface area (Å²) >= 11 is 4.32. The molecule has 1 aliphatic rings. The maximum absolute atomic E-state index is 5.67. The van der Waals surface area contributed by atoms with Crippen molar-refractivity contribution in [3.8, 4) is 0 Å². The van der Waals surface area contributed by atoms with Crippen molar-refractivity contribution in [2.45, 2.75) is 32.8 Å². The predicted molar refractivity (Wildman–Crippen MR) is 64.1 cm³/mol. The van der Waals surface area contributed by atoms with Crippen LogP contribution in [0.25, 0.3) is 0 Å². The third-order valence-electron chi connectivity index (χ3n) is 2.75. The van der Waals surface area contributed by atoms with Crippen molar-refractivity contribution in [2.75, 3.05) is 32.0 Å². The monoisotopic (exact) mass is 217 g/mol. The number of rotatable bonds is 5. The molecular weight excluding hydrogens is 194 g/mol. The quantitative estimate of drug-likeness (QED) is 0.708. The fraction of sp³-hybridized carbons (Fsp3) is 1.00. The van der Waals surface area contributed by atoms with Gasteiger partial charge in [0.15, 0.2) is 0 Å². The minimum atomic E-state index is 0.473. The standard InChI is InChI=1S/C11H23NOS/c1-3-13-11-5-4-6-12(8-11)7-10(2)9-14/h10-11,14H,3-9H2,1-2H3. The zero-order valence-corrected chi connectivity index (χ0v) is 10.3. The maximum Gasteiger partial charge on any atom is 0.0702 e. The van der Waals surface area contributed by atoms with E-state index in [0.717, 1.165) is 18.9 Å². The van der Waals surface area contributed by atoms with Crippen LogP contribution in [0.5, 0.6) is 0 Å². The summed E-state index contributed by atoms with van der Waals surface area (Å²) in [5.74, 6) is 1.68. The van der Waals surface area contributed by atoms with E-state index >= 15 is 0 Å². The van der Waals surface area contributed by atoms with E-state index in [1.54, 1.807) is 0 Å². The summed E-state index contributed by atoms with van der Waals surface area (Å²) < 4.78 is 5.67. The topological polar surface area (TPSA) is 12.5 Å². The van der Waals surface area contributed by atoms with E-state index in [1.165, 1.54) is 25.9 Å². The second kappa shape index (κ2) is 6.70. The molecule has 0 amide bonds. The first-order valence-corrected chi connectivity index (χ1v) is 6.34. The summed E-state index contributed by atoms with van der Waals surface area (Å²) in [4.78, 5) is 2.52. The van der Waals surface area contributed by atoms with Crippen LogP contribution < -0.4 is 0 Å². The number of hydrogen-bond donors (Lipinski definition) is 1. The Morgan fingerprint density at radius 2 is 2.36 bits per heavy atom. The number of ether oxygens (including phenoxy) is 1. The lowest BCUT2D eigenvalue weighted by Crippen LogP contribution is -2.41. The molecule has 0 aromatic heterocycles. The second-order valence-electron chi connectivity index (χ2n) is 4.27. The predicted octanol–water partition coefficient (Wildman–Crippen LogP) is 2.05. The van der Waals surface area contributed by atoms with Crippen molar-refractivity contribution in [1.29, 1.82) is 0 Å². The normalized spacial score (nSPS) is 26.4. The Bertz CT molecular complexity index is 152. The first kappa shape index (κ1) is 12.3. The molecule has 2 unspecified atom stereocenters. The SMILES string of the molecule is CCOC1CCCN(CC(C)CS)C1. The highest BCUT2D eigenvalue weighted by Crippen LogP contribution is 2.14. The van der Waals surface area contributed by atoms with Crippen LogP contribution in [0.15, 0.2) is 0 Å². The number of hydrogen-bond acceptors (Lipinski definition) is 3. The van der Waals surface area contributed by atoms with Gasteiger partial charge in [-0.25, -0.2) is 0 Å². The fourth-order valence-corrected chi connectivity index (χ4v) is 2.16. The van der Waals surface area contributed by atoms with Gasteiger partial charge in [0.25, 0.3) is 0 Å². The highest BCUT2D eigenvalue weighted by atomic mass is 32.1. The van der Waals surface area contributed by atoms with Gasteiger partial charge in [0.05, 0.1) is 6.10 Å². The second-order valence-corrected chi connectivity index (χ2v) is 4.63. The molecule has 0 bridgehead atoms. The Balaban J connectivity index is 2.25. The zero-order chi connectivity index (χ0) is 10.4. The minimum Gasteiger partial charge on any atom is -0.377 e. The van der Waals surface area contributed by atoms with Crippen LogP contribution in [0.4, 0.5) is 0 Å². The average Bonchev–Trinajstić information content (AvgIpc) is 2.19. The molecule has 1 heterocycles. The van der Waals surface area contributed by atoms with Gasteiger partial charge in [-0.05, 0) is 38.0 Å². The van der Waals surface area contributed by atoms with Gasteiger partial charge in [-0.2, -0.15) is 12.6 Å². The van der Waals surface area contributed by atoms with Crippen molar-refractivity contribution >= 4 is 12.6 Å². The van der Waals surface area contributed by atoms with Gasteiger partial charge in [0.2, 0.25) is 0 Å². The lowest BCUT2D eigenvalue weighted by atomic mass is 10.1. The van der Waals surface area contributed by atoms with Gasteiger partial charge >= 0.3 is 0 Å². The van der Waals surface area contributed by atoms with Gasteiger partial charge in [0.1, 0.15) is 0 Å². The van der Waals surface area contributed by atoms with Gasteiger partial charge in [-0.1, -0.05) is 6.92 Å². The Morgan fingerprint density at radius 1 is 1.57 bits per heavy atom.